The van der Waals surface area contributed by atoms with Crippen molar-refractivity contribution in [2.24, 2.45) is 5.92 Å². The van der Waals surface area contributed by atoms with Gasteiger partial charge in [-0.2, -0.15) is 4.98 Å². The lowest BCUT2D eigenvalue weighted by Gasteiger charge is -2.20. The van der Waals surface area contributed by atoms with Crippen molar-refractivity contribution in [1.29, 1.82) is 0 Å². The lowest BCUT2D eigenvalue weighted by Crippen LogP contribution is -2.31. The molecule has 1 atom stereocenters. The summed E-state index contributed by atoms with van der Waals surface area (Å²) in [6, 6.07) is 6.07. The van der Waals surface area contributed by atoms with E-state index < -0.39 is 0 Å². The average Bonchev–Trinajstić information content (AvgIpc) is 2.91. The third-order valence-electron chi connectivity index (χ3n) is 3.74. The Kier molecular flexibility index (Phi) is 4.17. The maximum atomic E-state index is 5.39. The molecule has 0 spiro atoms. The van der Waals surface area contributed by atoms with Crippen LogP contribution in [0, 0.1) is 12.8 Å². The number of nitrogens with one attached hydrogen (secondary N) is 1. The normalized spacial score (nSPS) is 19.2. The quantitative estimate of drug-likeness (QED) is 0.934. The van der Waals surface area contributed by atoms with Gasteiger partial charge in [0.05, 0.1) is 0 Å². The highest BCUT2D eigenvalue weighted by Crippen LogP contribution is 2.24. The fourth-order valence-electron chi connectivity index (χ4n) is 2.59. The Labute approximate surface area is 127 Å². The van der Waals surface area contributed by atoms with Crippen molar-refractivity contribution in [2.75, 3.05) is 13.1 Å². The molecule has 0 aliphatic carbocycles. The van der Waals surface area contributed by atoms with Gasteiger partial charge in [0, 0.05) is 16.5 Å². The van der Waals surface area contributed by atoms with E-state index in [4.69, 9.17) is 4.52 Å². The number of hydrogen-bond acceptors (Lipinski definition) is 4. The maximum Gasteiger partial charge on any atom is 0.257 e. The molecule has 20 heavy (non-hydrogen) atoms. The molecule has 3 rings (SSSR count). The van der Waals surface area contributed by atoms with E-state index in [1.165, 1.54) is 18.4 Å². The summed E-state index contributed by atoms with van der Waals surface area (Å²) < 4.78 is 6.48. The molecule has 1 aliphatic rings. The Hall–Kier alpha value is -1.20. The van der Waals surface area contributed by atoms with Crippen LogP contribution >= 0.6 is 15.9 Å². The highest BCUT2D eigenvalue weighted by molar-refractivity contribution is 9.10. The van der Waals surface area contributed by atoms with Crippen LogP contribution in [0.1, 0.15) is 24.2 Å². The lowest BCUT2D eigenvalue weighted by atomic mass is 9.96. The first kappa shape index (κ1) is 13.8. The molecule has 106 valence electrons. The van der Waals surface area contributed by atoms with Crippen molar-refractivity contribution < 1.29 is 4.52 Å². The number of halogens is 1. The van der Waals surface area contributed by atoms with Gasteiger partial charge in [-0.15, -0.1) is 0 Å². The summed E-state index contributed by atoms with van der Waals surface area (Å²) in [5, 5.41) is 7.53. The standard InChI is InChI=1S/C15H18BrN3O/c1-10-7-12(4-5-13(10)16)15-18-14(19-20-15)8-11-3-2-6-17-9-11/h4-5,7,11,17H,2-3,6,8-9H2,1H3. The number of aromatic nitrogens is 2. The first-order valence-corrected chi connectivity index (χ1v) is 7.81. The van der Waals surface area contributed by atoms with E-state index in [0.29, 0.717) is 11.8 Å². The molecule has 0 radical (unpaired) electrons. The van der Waals surface area contributed by atoms with Crippen LogP contribution in [-0.4, -0.2) is 23.2 Å². The van der Waals surface area contributed by atoms with Gasteiger partial charge in [-0.1, -0.05) is 21.1 Å². The predicted molar refractivity (Wildman–Crippen MR) is 81.5 cm³/mol. The highest BCUT2D eigenvalue weighted by atomic mass is 79.9. The molecule has 2 aromatic rings. The molecule has 1 unspecified atom stereocenters. The Morgan fingerprint density at radius 3 is 3.10 bits per heavy atom. The van der Waals surface area contributed by atoms with E-state index in [2.05, 4.69) is 44.4 Å². The SMILES string of the molecule is Cc1cc(-c2nc(CC3CCCNC3)no2)ccc1Br. The van der Waals surface area contributed by atoms with Crippen LogP contribution in [0.25, 0.3) is 11.5 Å². The molecule has 1 N–H and O–H groups in total. The number of aryl methyl sites for hydroxylation is 1. The largest absolute Gasteiger partial charge is 0.334 e. The number of benzene rings is 1. The van der Waals surface area contributed by atoms with Gasteiger partial charge in [0.1, 0.15) is 0 Å². The molecule has 5 heteroatoms. The molecule has 0 bridgehead atoms. The van der Waals surface area contributed by atoms with Gasteiger partial charge in [0.15, 0.2) is 5.82 Å². The minimum Gasteiger partial charge on any atom is -0.334 e. The number of nitrogens with zero attached hydrogens (tertiary/aromatic N) is 2. The zero-order chi connectivity index (χ0) is 13.9. The van der Waals surface area contributed by atoms with Gasteiger partial charge in [0.2, 0.25) is 0 Å². The Bertz CT molecular complexity index is 591. The third kappa shape index (κ3) is 3.10. The number of rotatable bonds is 3. The number of piperidine rings is 1. The van der Waals surface area contributed by atoms with Crippen molar-refractivity contribution in [3.63, 3.8) is 0 Å². The molecular weight excluding hydrogens is 318 g/mol. The van der Waals surface area contributed by atoms with Crippen LogP contribution in [-0.2, 0) is 6.42 Å². The lowest BCUT2D eigenvalue weighted by molar-refractivity contribution is 0.360. The monoisotopic (exact) mass is 335 g/mol. The van der Waals surface area contributed by atoms with Gasteiger partial charge < -0.3 is 9.84 Å². The maximum absolute atomic E-state index is 5.39. The van der Waals surface area contributed by atoms with Gasteiger partial charge in [0.25, 0.3) is 5.89 Å². The zero-order valence-corrected chi connectivity index (χ0v) is 13.1. The van der Waals surface area contributed by atoms with Crippen molar-refractivity contribution in [1.82, 2.24) is 15.5 Å². The minimum absolute atomic E-state index is 0.611. The van der Waals surface area contributed by atoms with Crippen LogP contribution in [0.15, 0.2) is 27.2 Å². The van der Waals surface area contributed by atoms with E-state index >= 15 is 0 Å². The summed E-state index contributed by atoms with van der Waals surface area (Å²) in [6.07, 6.45) is 3.38. The van der Waals surface area contributed by atoms with Crippen LogP contribution in [0.3, 0.4) is 0 Å². The smallest absolute Gasteiger partial charge is 0.257 e. The van der Waals surface area contributed by atoms with E-state index in [0.717, 1.165) is 35.4 Å². The second-order valence-electron chi connectivity index (χ2n) is 5.40. The predicted octanol–water partition coefficient (Wildman–Crippen LogP) is 3.35. The van der Waals surface area contributed by atoms with E-state index in [1.54, 1.807) is 0 Å². The Morgan fingerprint density at radius 1 is 1.45 bits per heavy atom. The molecule has 1 aromatic carbocycles. The van der Waals surface area contributed by atoms with Crippen molar-refractivity contribution in [3.05, 3.63) is 34.1 Å². The molecular formula is C15H18BrN3O. The Morgan fingerprint density at radius 2 is 2.35 bits per heavy atom. The first-order chi connectivity index (χ1) is 9.72. The van der Waals surface area contributed by atoms with Gasteiger partial charge in [-0.25, -0.2) is 0 Å². The summed E-state index contributed by atoms with van der Waals surface area (Å²) in [6.45, 7) is 4.24. The Balaban J connectivity index is 1.73. The fraction of sp³-hybridized carbons (Fsp3) is 0.467. The van der Waals surface area contributed by atoms with Crippen molar-refractivity contribution >= 4 is 15.9 Å². The molecule has 1 saturated heterocycles. The molecule has 0 amide bonds. The van der Waals surface area contributed by atoms with E-state index in [9.17, 15) is 0 Å². The molecule has 1 fully saturated rings. The van der Waals surface area contributed by atoms with Gasteiger partial charge in [-0.3, -0.25) is 0 Å². The summed E-state index contributed by atoms with van der Waals surface area (Å²) in [7, 11) is 0. The average molecular weight is 336 g/mol. The second-order valence-corrected chi connectivity index (χ2v) is 6.25. The molecule has 1 aromatic heterocycles. The van der Waals surface area contributed by atoms with E-state index in [1.807, 2.05) is 12.1 Å². The third-order valence-corrected chi connectivity index (χ3v) is 4.63. The van der Waals surface area contributed by atoms with Gasteiger partial charge >= 0.3 is 0 Å². The van der Waals surface area contributed by atoms with Crippen LogP contribution < -0.4 is 5.32 Å². The van der Waals surface area contributed by atoms with Crippen LogP contribution in [0.4, 0.5) is 0 Å². The molecule has 4 nitrogen and oxygen atoms in total. The molecule has 2 heterocycles. The molecule has 1 aliphatic heterocycles. The van der Waals surface area contributed by atoms with Crippen molar-refractivity contribution in [2.45, 2.75) is 26.2 Å². The summed E-state index contributed by atoms with van der Waals surface area (Å²) in [4.78, 5) is 4.52. The number of hydrogen-bond donors (Lipinski definition) is 1. The van der Waals surface area contributed by atoms with Crippen LogP contribution in [0.2, 0.25) is 0 Å². The molecule has 0 saturated carbocycles. The second kappa shape index (κ2) is 6.06. The van der Waals surface area contributed by atoms with E-state index in [-0.39, 0.29) is 0 Å². The van der Waals surface area contributed by atoms with Crippen molar-refractivity contribution in [3.8, 4) is 11.5 Å². The van der Waals surface area contributed by atoms with Crippen LogP contribution in [0.5, 0.6) is 0 Å². The summed E-state index contributed by atoms with van der Waals surface area (Å²) in [5.74, 6) is 2.05. The fourth-order valence-corrected chi connectivity index (χ4v) is 2.83. The first-order valence-electron chi connectivity index (χ1n) is 7.02. The minimum atomic E-state index is 0.611. The zero-order valence-electron chi connectivity index (χ0n) is 11.5. The topological polar surface area (TPSA) is 51.0 Å². The summed E-state index contributed by atoms with van der Waals surface area (Å²) in [5.41, 5.74) is 2.14. The highest BCUT2D eigenvalue weighted by Gasteiger charge is 2.17. The van der Waals surface area contributed by atoms with Gasteiger partial charge in [-0.05, 0) is 62.5 Å². The summed E-state index contributed by atoms with van der Waals surface area (Å²) >= 11 is 3.50.